The summed E-state index contributed by atoms with van der Waals surface area (Å²) in [6.07, 6.45) is 5.93. The molecule has 0 rings (SSSR count). The van der Waals surface area contributed by atoms with Crippen molar-refractivity contribution < 1.29 is 23.1 Å². The molecule has 0 spiro atoms. The lowest BCUT2D eigenvalue weighted by molar-refractivity contribution is 0.0858. The van der Waals surface area contributed by atoms with Gasteiger partial charge in [-0.3, -0.25) is 9.05 Å². The third kappa shape index (κ3) is 14.0. The van der Waals surface area contributed by atoms with E-state index in [2.05, 4.69) is 6.92 Å². The molecule has 0 aromatic heterocycles. The second-order valence-electron chi connectivity index (χ2n) is 4.75. The van der Waals surface area contributed by atoms with Gasteiger partial charge in [0.2, 0.25) is 0 Å². The molecule has 134 valence electrons. The summed E-state index contributed by atoms with van der Waals surface area (Å²) in [4.78, 5) is 0. The average molecular weight is 356 g/mol. The van der Waals surface area contributed by atoms with Crippen molar-refractivity contribution >= 4 is 18.2 Å². The topological polar surface area (TPSA) is 54.0 Å². The molecule has 0 bridgehead atoms. The minimum atomic E-state index is -3.10. The van der Waals surface area contributed by atoms with Gasteiger partial charge in [0.15, 0.2) is 0 Å². The summed E-state index contributed by atoms with van der Waals surface area (Å²) < 4.78 is 34.0. The van der Waals surface area contributed by atoms with Crippen LogP contribution in [0.4, 0.5) is 0 Å². The fourth-order valence-corrected chi connectivity index (χ4v) is 5.03. The minimum Gasteiger partial charge on any atom is -0.379 e. The van der Waals surface area contributed by atoms with Gasteiger partial charge in [0.05, 0.1) is 26.4 Å². The molecule has 0 radical (unpaired) electrons. The highest BCUT2D eigenvalue weighted by Crippen LogP contribution is 2.60. The van der Waals surface area contributed by atoms with Crippen LogP contribution in [0.25, 0.3) is 0 Å². The lowest BCUT2D eigenvalue weighted by Crippen LogP contribution is -2.06. The van der Waals surface area contributed by atoms with Gasteiger partial charge in [-0.2, -0.15) is 0 Å². The summed E-state index contributed by atoms with van der Waals surface area (Å²) in [5, 5.41) is 0. The van der Waals surface area contributed by atoms with Crippen molar-refractivity contribution in [2.75, 3.05) is 45.4 Å². The van der Waals surface area contributed by atoms with E-state index in [9.17, 15) is 4.57 Å². The molecule has 0 aliphatic rings. The summed E-state index contributed by atoms with van der Waals surface area (Å²) in [6, 6.07) is 0. The van der Waals surface area contributed by atoms with Crippen LogP contribution in [0.3, 0.4) is 0 Å². The smallest absolute Gasteiger partial charge is 0.379 e. The van der Waals surface area contributed by atoms with E-state index < -0.39 is 6.80 Å². The molecule has 0 fully saturated rings. The largest absolute Gasteiger partial charge is 0.389 e. The van der Waals surface area contributed by atoms with Crippen LogP contribution < -0.4 is 0 Å². The van der Waals surface area contributed by atoms with Gasteiger partial charge in [-0.05, 0) is 31.7 Å². The Balaban J connectivity index is 3.99. The Labute approximate surface area is 140 Å². The summed E-state index contributed by atoms with van der Waals surface area (Å²) in [5.74, 6) is 0.796. The SMILES string of the molecule is CCCCCCCSP(=O)(OCCOCC)OCCOCC. The molecule has 0 amide bonds. The first-order chi connectivity index (χ1) is 10.7. The Bertz CT molecular complexity index is 263. The standard InChI is InChI=1S/C15H33O5PS/c1-4-7-8-9-10-15-22-21(16,19-13-11-17-5-2)20-14-12-18-6-3/h4-15H2,1-3H3. The summed E-state index contributed by atoms with van der Waals surface area (Å²) in [7, 11) is 0. The van der Waals surface area contributed by atoms with Crippen molar-refractivity contribution in [2.24, 2.45) is 0 Å². The predicted molar refractivity (Wildman–Crippen MR) is 93.7 cm³/mol. The maximum Gasteiger partial charge on any atom is 0.389 e. The van der Waals surface area contributed by atoms with Crippen LogP contribution in [0, 0.1) is 0 Å². The Morgan fingerprint density at radius 3 is 1.82 bits per heavy atom. The number of unbranched alkanes of at least 4 members (excludes halogenated alkanes) is 4. The Hall–Kier alpha value is 0.420. The van der Waals surface area contributed by atoms with E-state index in [0.29, 0.717) is 39.6 Å². The van der Waals surface area contributed by atoms with E-state index in [0.717, 1.165) is 12.2 Å². The van der Waals surface area contributed by atoms with E-state index >= 15 is 0 Å². The van der Waals surface area contributed by atoms with Crippen molar-refractivity contribution in [1.82, 2.24) is 0 Å². The van der Waals surface area contributed by atoms with E-state index in [-0.39, 0.29) is 0 Å². The molecule has 7 heteroatoms. The highest BCUT2D eigenvalue weighted by atomic mass is 32.7. The fraction of sp³-hybridized carbons (Fsp3) is 1.00. The van der Waals surface area contributed by atoms with Crippen LogP contribution in [0.1, 0.15) is 52.9 Å². The van der Waals surface area contributed by atoms with Crippen molar-refractivity contribution in [3.05, 3.63) is 0 Å². The second-order valence-corrected chi connectivity index (χ2v) is 8.95. The molecule has 0 aliphatic carbocycles. The van der Waals surface area contributed by atoms with Crippen LogP contribution in [-0.2, 0) is 23.1 Å². The normalized spacial score (nSPS) is 12.0. The molecular weight excluding hydrogens is 323 g/mol. The molecule has 0 unspecified atom stereocenters. The maximum atomic E-state index is 12.6. The summed E-state index contributed by atoms with van der Waals surface area (Å²) >= 11 is 1.30. The second kappa shape index (κ2) is 16.3. The lowest BCUT2D eigenvalue weighted by Gasteiger charge is -2.17. The molecular formula is C15H33O5PS. The van der Waals surface area contributed by atoms with E-state index in [4.69, 9.17) is 18.5 Å². The molecule has 5 nitrogen and oxygen atoms in total. The maximum absolute atomic E-state index is 12.6. The zero-order chi connectivity index (χ0) is 16.5. The van der Waals surface area contributed by atoms with E-state index in [1.165, 1.54) is 37.1 Å². The first-order valence-corrected chi connectivity index (χ1v) is 11.5. The average Bonchev–Trinajstić information content (AvgIpc) is 2.52. The summed E-state index contributed by atoms with van der Waals surface area (Å²) in [6.45, 7) is 5.66. The number of rotatable bonds is 17. The molecule has 22 heavy (non-hydrogen) atoms. The molecule has 0 aromatic rings. The van der Waals surface area contributed by atoms with Crippen molar-refractivity contribution in [3.63, 3.8) is 0 Å². The zero-order valence-electron chi connectivity index (χ0n) is 14.4. The number of ether oxygens (including phenoxy) is 2. The van der Waals surface area contributed by atoms with Gasteiger partial charge in [0, 0.05) is 19.0 Å². The van der Waals surface area contributed by atoms with Gasteiger partial charge in [-0.1, -0.05) is 32.6 Å². The van der Waals surface area contributed by atoms with Gasteiger partial charge in [0.25, 0.3) is 0 Å². The molecule has 0 saturated heterocycles. The van der Waals surface area contributed by atoms with E-state index in [1.807, 2.05) is 13.8 Å². The summed E-state index contributed by atoms with van der Waals surface area (Å²) in [5.41, 5.74) is 0. The highest BCUT2D eigenvalue weighted by Gasteiger charge is 2.25. The monoisotopic (exact) mass is 356 g/mol. The Morgan fingerprint density at radius 2 is 1.32 bits per heavy atom. The molecule has 0 saturated carbocycles. The van der Waals surface area contributed by atoms with Crippen LogP contribution in [0.2, 0.25) is 0 Å². The first kappa shape index (κ1) is 22.4. The Morgan fingerprint density at radius 1 is 0.773 bits per heavy atom. The zero-order valence-corrected chi connectivity index (χ0v) is 16.1. The predicted octanol–water partition coefficient (Wildman–Crippen LogP) is 4.90. The van der Waals surface area contributed by atoms with Crippen molar-refractivity contribution in [1.29, 1.82) is 0 Å². The Kier molecular flexibility index (Phi) is 16.6. The van der Waals surface area contributed by atoms with Gasteiger partial charge in [-0.15, -0.1) is 0 Å². The third-order valence-electron chi connectivity index (χ3n) is 2.86. The molecule has 0 aliphatic heterocycles. The van der Waals surface area contributed by atoms with Gasteiger partial charge >= 0.3 is 6.80 Å². The van der Waals surface area contributed by atoms with Crippen LogP contribution >= 0.6 is 18.2 Å². The third-order valence-corrected chi connectivity index (χ3v) is 6.77. The number of hydrogen-bond acceptors (Lipinski definition) is 6. The number of hydrogen-bond donors (Lipinski definition) is 0. The van der Waals surface area contributed by atoms with Gasteiger partial charge in [-0.25, -0.2) is 4.57 Å². The van der Waals surface area contributed by atoms with Gasteiger partial charge in [0.1, 0.15) is 0 Å². The molecule has 0 N–H and O–H groups in total. The highest BCUT2D eigenvalue weighted by molar-refractivity contribution is 8.55. The fourth-order valence-electron chi connectivity index (χ4n) is 1.70. The first-order valence-electron chi connectivity index (χ1n) is 8.37. The lowest BCUT2D eigenvalue weighted by atomic mass is 10.2. The van der Waals surface area contributed by atoms with E-state index in [1.54, 1.807) is 0 Å². The van der Waals surface area contributed by atoms with Crippen LogP contribution in [-0.4, -0.2) is 45.4 Å². The molecule has 0 aromatic carbocycles. The van der Waals surface area contributed by atoms with Crippen LogP contribution in [0.5, 0.6) is 0 Å². The quantitative estimate of drug-likeness (QED) is 0.273. The van der Waals surface area contributed by atoms with Crippen LogP contribution in [0.15, 0.2) is 0 Å². The minimum absolute atomic E-state index is 0.294. The molecule has 0 atom stereocenters. The van der Waals surface area contributed by atoms with Crippen molar-refractivity contribution in [2.45, 2.75) is 52.9 Å². The van der Waals surface area contributed by atoms with Crippen molar-refractivity contribution in [3.8, 4) is 0 Å². The molecule has 0 heterocycles. The van der Waals surface area contributed by atoms with Gasteiger partial charge < -0.3 is 9.47 Å².